The highest BCUT2D eigenvalue weighted by Crippen LogP contribution is 2.42. The highest BCUT2D eigenvalue weighted by Gasteiger charge is 2.50. The predicted octanol–water partition coefficient (Wildman–Crippen LogP) is 1.80. The highest BCUT2D eigenvalue weighted by molar-refractivity contribution is 5.95. The summed E-state index contributed by atoms with van der Waals surface area (Å²) in [6.07, 6.45) is 3.70. The number of likely N-dealkylation sites (N-methyl/N-ethyl adjacent to an activating group) is 1. The van der Waals surface area contributed by atoms with E-state index in [1.54, 1.807) is 12.1 Å². The zero-order valence-corrected chi connectivity index (χ0v) is 17.5. The molecule has 1 aromatic carbocycles. The monoisotopic (exact) mass is 401 g/mol. The van der Waals surface area contributed by atoms with Gasteiger partial charge in [-0.15, -0.1) is 0 Å². The smallest absolute Gasteiger partial charge is 0.254 e. The minimum absolute atomic E-state index is 0.0296. The molecular weight excluding hydrogens is 370 g/mol. The number of likely N-dealkylation sites (tertiary alicyclic amines) is 1. The topological polar surface area (TPSA) is 73.3 Å². The number of aromatic hydroxyl groups is 1. The van der Waals surface area contributed by atoms with Gasteiger partial charge in [0.1, 0.15) is 0 Å². The summed E-state index contributed by atoms with van der Waals surface area (Å²) in [6.45, 7) is 2.17. The van der Waals surface area contributed by atoms with Crippen molar-refractivity contribution < 1.29 is 19.4 Å². The second-order valence-corrected chi connectivity index (χ2v) is 8.94. The zero-order valence-electron chi connectivity index (χ0n) is 17.5. The molecule has 29 heavy (non-hydrogen) atoms. The van der Waals surface area contributed by atoms with Crippen LogP contribution in [0.5, 0.6) is 11.5 Å². The van der Waals surface area contributed by atoms with Crippen LogP contribution >= 0.6 is 0 Å². The number of nitrogens with zero attached hydrogens (tertiary/aromatic N) is 3. The van der Waals surface area contributed by atoms with Gasteiger partial charge in [0.25, 0.3) is 5.91 Å². The van der Waals surface area contributed by atoms with Gasteiger partial charge in [0.15, 0.2) is 11.5 Å². The zero-order chi connectivity index (χ0) is 20.7. The van der Waals surface area contributed by atoms with Crippen molar-refractivity contribution in [1.29, 1.82) is 0 Å². The summed E-state index contributed by atoms with van der Waals surface area (Å²) in [6, 6.07) is 5.16. The van der Waals surface area contributed by atoms with Crippen LogP contribution in [0.3, 0.4) is 0 Å². The van der Waals surface area contributed by atoms with E-state index in [1.165, 1.54) is 13.2 Å². The van der Waals surface area contributed by atoms with Crippen molar-refractivity contribution in [2.24, 2.45) is 11.8 Å². The maximum absolute atomic E-state index is 13.3. The first-order valence-corrected chi connectivity index (χ1v) is 10.5. The Morgan fingerprint density at radius 1 is 1.28 bits per heavy atom. The maximum atomic E-state index is 13.3. The number of piperidine rings is 3. The number of amides is 2. The van der Waals surface area contributed by atoms with Crippen LogP contribution < -0.4 is 4.74 Å². The number of rotatable bonds is 4. The summed E-state index contributed by atoms with van der Waals surface area (Å²) in [5.41, 5.74) is 0.528. The van der Waals surface area contributed by atoms with E-state index in [0.29, 0.717) is 36.7 Å². The largest absolute Gasteiger partial charge is 0.504 e. The molecule has 1 aromatic rings. The van der Waals surface area contributed by atoms with Gasteiger partial charge in [-0.05, 0) is 63.4 Å². The Hall–Kier alpha value is -2.28. The van der Waals surface area contributed by atoms with Gasteiger partial charge in [0.2, 0.25) is 5.91 Å². The quantitative estimate of drug-likeness (QED) is 0.833. The van der Waals surface area contributed by atoms with Crippen LogP contribution in [0.4, 0.5) is 0 Å². The van der Waals surface area contributed by atoms with Crippen molar-refractivity contribution >= 4 is 11.8 Å². The highest BCUT2D eigenvalue weighted by atomic mass is 16.5. The molecule has 2 amide bonds. The number of benzene rings is 1. The first-order valence-electron chi connectivity index (χ1n) is 10.5. The van der Waals surface area contributed by atoms with Crippen molar-refractivity contribution in [3.63, 3.8) is 0 Å². The van der Waals surface area contributed by atoms with Crippen LogP contribution in [-0.2, 0) is 4.79 Å². The second kappa shape index (κ2) is 7.86. The van der Waals surface area contributed by atoms with E-state index in [1.807, 2.05) is 19.0 Å². The Morgan fingerprint density at radius 2 is 2.03 bits per heavy atom. The second-order valence-electron chi connectivity index (χ2n) is 8.94. The van der Waals surface area contributed by atoms with E-state index in [0.717, 1.165) is 25.8 Å². The van der Waals surface area contributed by atoms with Gasteiger partial charge in [-0.2, -0.15) is 0 Å². The van der Waals surface area contributed by atoms with Crippen LogP contribution in [0.15, 0.2) is 18.2 Å². The molecule has 3 aliphatic rings. The molecule has 4 rings (SSSR count). The van der Waals surface area contributed by atoms with Gasteiger partial charge in [0, 0.05) is 43.7 Å². The van der Waals surface area contributed by atoms with Crippen molar-refractivity contribution in [3.05, 3.63) is 23.8 Å². The molecule has 0 saturated carbocycles. The number of fused-ring (bicyclic) bond motifs is 4. The van der Waals surface area contributed by atoms with Crippen molar-refractivity contribution in [3.8, 4) is 11.5 Å². The van der Waals surface area contributed by atoms with Crippen LogP contribution in [0.1, 0.15) is 36.0 Å². The third kappa shape index (κ3) is 3.68. The van der Waals surface area contributed by atoms with E-state index in [-0.39, 0.29) is 35.6 Å². The molecule has 0 aromatic heterocycles. The van der Waals surface area contributed by atoms with Gasteiger partial charge in [0.05, 0.1) is 7.11 Å². The first kappa shape index (κ1) is 20.0. The molecule has 3 aliphatic heterocycles. The maximum Gasteiger partial charge on any atom is 0.254 e. The molecule has 1 N–H and O–H groups in total. The number of carbonyl (C=O) groups excluding carboxylic acids is 2. The lowest BCUT2D eigenvalue weighted by molar-refractivity contribution is -0.152. The molecule has 3 saturated heterocycles. The fourth-order valence-electron chi connectivity index (χ4n) is 5.54. The SMILES string of the molecule is COc1cc(C(=O)N2C[C@H]3C[C@@H](C2)[C@H](CN(C)C)N2C(=O)CCC[C@@H]32)ccc1O. The van der Waals surface area contributed by atoms with E-state index in [9.17, 15) is 14.7 Å². The number of phenols is 1. The van der Waals surface area contributed by atoms with E-state index >= 15 is 0 Å². The standard InChI is InChI=1S/C22H31N3O4/c1-23(2)13-18-16-9-15(17-5-4-6-21(27)25(17)18)11-24(12-16)22(28)14-7-8-19(26)20(10-14)29-3/h7-8,10,15-18,26H,4-6,9,11-13H2,1-3H3/t15-,16+,17+,18+/m1/s1. The molecule has 0 unspecified atom stereocenters. The summed E-state index contributed by atoms with van der Waals surface area (Å²) in [4.78, 5) is 32.3. The molecule has 0 spiro atoms. The predicted molar refractivity (Wildman–Crippen MR) is 109 cm³/mol. The summed E-state index contributed by atoms with van der Waals surface area (Å²) >= 11 is 0. The normalized spacial score (nSPS) is 29.0. The van der Waals surface area contributed by atoms with Gasteiger partial charge in [-0.25, -0.2) is 0 Å². The van der Waals surface area contributed by atoms with Gasteiger partial charge in [-0.3, -0.25) is 9.59 Å². The average Bonchev–Trinajstić information content (AvgIpc) is 2.70. The van der Waals surface area contributed by atoms with Crippen molar-refractivity contribution in [2.45, 2.75) is 37.8 Å². The Kier molecular flexibility index (Phi) is 5.42. The molecule has 158 valence electrons. The molecule has 7 nitrogen and oxygen atoms in total. The number of hydrogen-bond donors (Lipinski definition) is 1. The van der Waals surface area contributed by atoms with E-state index < -0.39 is 0 Å². The summed E-state index contributed by atoms with van der Waals surface area (Å²) in [5, 5.41) is 9.84. The fourth-order valence-corrected chi connectivity index (χ4v) is 5.54. The Labute approximate surface area is 172 Å². The molecule has 4 atom stereocenters. The lowest BCUT2D eigenvalue weighted by Crippen LogP contribution is -2.67. The summed E-state index contributed by atoms with van der Waals surface area (Å²) in [7, 11) is 5.57. The first-order chi connectivity index (χ1) is 13.9. The molecule has 3 heterocycles. The van der Waals surface area contributed by atoms with Gasteiger partial charge < -0.3 is 24.5 Å². The molecule has 2 bridgehead atoms. The number of phenolic OH excluding ortho intramolecular Hbond substituents is 1. The number of methoxy groups -OCH3 is 1. The molecule has 0 aliphatic carbocycles. The summed E-state index contributed by atoms with van der Waals surface area (Å²) in [5.74, 6) is 1.21. The van der Waals surface area contributed by atoms with Gasteiger partial charge in [-0.1, -0.05) is 0 Å². The van der Waals surface area contributed by atoms with E-state index in [2.05, 4.69) is 9.80 Å². The van der Waals surface area contributed by atoms with Crippen LogP contribution in [0, 0.1) is 11.8 Å². The summed E-state index contributed by atoms with van der Waals surface area (Å²) < 4.78 is 5.17. The molecular formula is C22H31N3O4. The van der Waals surface area contributed by atoms with Crippen molar-refractivity contribution in [2.75, 3.05) is 40.8 Å². The lowest BCUT2D eigenvalue weighted by atomic mass is 9.72. The average molecular weight is 402 g/mol. The molecule has 0 radical (unpaired) electrons. The lowest BCUT2D eigenvalue weighted by Gasteiger charge is -2.57. The Bertz CT molecular complexity index is 796. The molecule has 7 heteroatoms. The molecule has 3 fully saturated rings. The number of hydrogen-bond acceptors (Lipinski definition) is 5. The fraction of sp³-hybridized carbons (Fsp3) is 0.636. The third-order valence-corrected chi connectivity index (χ3v) is 6.76. The minimum atomic E-state index is -0.0304. The minimum Gasteiger partial charge on any atom is -0.504 e. The Balaban J connectivity index is 1.60. The Morgan fingerprint density at radius 3 is 2.76 bits per heavy atom. The number of carbonyl (C=O) groups is 2. The van der Waals surface area contributed by atoms with Crippen LogP contribution in [0.2, 0.25) is 0 Å². The van der Waals surface area contributed by atoms with Crippen LogP contribution in [0.25, 0.3) is 0 Å². The van der Waals surface area contributed by atoms with Gasteiger partial charge >= 0.3 is 0 Å². The van der Waals surface area contributed by atoms with Crippen LogP contribution in [-0.4, -0.2) is 84.5 Å². The third-order valence-electron chi connectivity index (χ3n) is 6.76. The number of ether oxygens (including phenoxy) is 1. The van der Waals surface area contributed by atoms with Crippen molar-refractivity contribution in [1.82, 2.24) is 14.7 Å². The van der Waals surface area contributed by atoms with E-state index in [4.69, 9.17) is 4.74 Å².